The Morgan fingerprint density at radius 3 is 2.52 bits per heavy atom. The van der Waals surface area contributed by atoms with E-state index in [4.69, 9.17) is 4.74 Å². The summed E-state index contributed by atoms with van der Waals surface area (Å²) in [6.45, 7) is 15.0. The van der Waals surface area contributed by atoms with Crippen LogP contribution in [0.4, 0.5) is 0 Å². The Morgan fingerprint density at radius 2 is 1.96 bits per heavy atom. The Bertz CT molecular complexity index is 520. The number of hydrogen-bond donors (Lipinski definition) is 2. The molecule has 144 valence electrons. The van der Waals surface area contributed by atoms with Crippen molar-refractivity contribution in [1.82, 2.24) is 15.5 Å². The van der Waals surface area contributed by atoms with Crippen molar-refractivity contribution in [3.8, 4) is 5.75 Å². The minimum absolute atomic E-state index is 0. The van der Waals surface area contributed by atoms with Gasteiger partial charge in [-0.3, -0.25) is 9.89 Å². The molecule has 0 heterocycles. The molecule has 0 spiro atoms. The molecule has 0 bridgehead atoms. The normalized spacial score (nSPS) is 11.4. The van der Waals surface area contributed by atoms with Crippen LogP contribution in [0, 0.1) is 6.92 Å². The van der Waals surface area contributed by atoms with Crippen LogP contribution in [-0.4, -0.2) is 50.2 Å². The maximum absolute atomic E-state index is 5.73. The second kappa shape index (κ2) is 13.2. The van der Waals surface area contributed by atoms with Gasteiger partial charge in [0.15, 0.2) is 5.96 Å². The second-order valence-corrected chi connectivity index (χ2v) is 6.12. The van der Waals surface area contributed by atoms with Crippen LogP contribution < -0.4 is 15.4 Å². The smallest absolute Gasteiger partial charge is 0.191 e. The molecule has 2 N–H and O–H groups in total. The van der Waals surface area contributed by atoms with Crippen LogP contribution in [0.2, 0.25) is 0 Å². The average molecular weight is 462 g/mol. The molecule has 0 fully saturated rings. The molecule has 0 saturated heterocycles. The van der Waals surface area contributed by atoms with Crippen molar-refractivity contribution in [3.63, 3.8) is 0 Å². The quantitative estimate of drug-likeness (QED) is 0.336. The van der Waals surface area contributed by atoms with E-state index in [1.54, 1.807) is 7.05 Å². The molecule has 1 rings (SSSR count). The van der Waals surface area contributed by atoms with Crippen molar-refractivity contribution < 1.29 is 4.74 Å². The number of aliphatic imine (C=N–C) groups is 1. The summed E-state index contributed by atoms with van der Waals surface area (Å²) in [5, 5.41) is 6.74. The first-order chi connectivity index (χ1) is 11.5. The van der Waals surface area contributed by atoms with Crippen LogP contribution in [0.25, 0.3) is 0 Å². The van der Waals surface area contributed by atoms with E-state index in [0.717, 1.165) is 36.9 Å². The molecule has 0 aromatic heterocycles. The van der Waals surface area contributed by atoms with Gasteiger partial charge < -0.3 is 15.4 Å². The topological polar surface area (TPSA) is 48.9 Å². The molecule has 0 radical (unpaired) electrons. The molecule has 0 unspecified atom stereocenters. The fourth-order valence-corrected chi connectivity index (χ4v) is 2.60. The molecule has 0 amide bonds. The standard InChI is InChI=1S/C19H34N4O.HI/c1-7-23(15(3)4)12-11-21-19(20-6)22-14-17-10-9-16(5)13-18(17)24-8-2;/h9-10,13,15H,7-8,11-12,14H2,1-6H3,(H2,20,21,22);1H. The summed E-state index contributed by atoms with van der Waals surface area (Å²) < 4.78 is 5.73. The molecule has 0 saturated carbocycles. The van der Waals surface area contributed by atoms with Crippen molar-refractivity contribution in [1.29, 1.82) is 0 Å². The van der Waals surface area contributed by atoms with E-state index < -0.39 is 0 Å². The van der Waals surface area contributed by atoms with Crippen LogP contribution >= 0.6 is 24.0 Å². The van der Waals surface area contributed by atoms with Gasteiger partial charge >= 0.3 is 0 Å². The zero-order valence-corrected chi connectivity index (χ0v) is 18.9. The number of ether oxygens (including phenoxy) is 1. The summed E-state index contributed by atoms with van der Waals surface area (Å²) >= 11 is 0. The SMILES string of the molecule is CCOc1cc(C)ccc1CNC(=NC)NCCN(CC)C(C)C.I. The third kappa shape index (κ3) is 8.76. The van der Waals surface area contributed by atoms with Crippen LogP contribution in [0.3, 0.4) is 0 Å². The molecule has 0 aliphatic rings. The molecule has 0 aliphatic carbocycles. The third-order valence-corrected chi connectivity index (χ3v) is 4.02. The largest absolute Gasteiger partial charge is 0.494 e. The number of guanidine groups is 1. The van der Waals surface area contributed by atoms with E-state index in [1.165, 1.54) is 5.56 Å². The van der Waals surface area contributed by atoms with Crippen molar-refractivity contribution in [2.45, 2.75) is 47.2 Å². The number of hydrogen-bond acceptors (Lipinski definition) is 3. The van der Waals surface area contributed by atoms with Gasteiger partial charge in [-0.15, -0.1) is 24.0 Å². The predicted octanol–water partition coefficient (Wildman–Crippen LogP) is 3.41. The number of nitrogens with zero attached hydrogens (tertiary/aromatic N) is 2. The van der Waals surface area contributed by atoms with Gasteiger partial charge in [-0.2, -0.15) is 0 Å². The van der Waals surface area contributed by atoms with Crippen LogP contribution in [-0.2, 0) is 6.54 Å². The maximum atomic E-state index is 5.73. The summed E-state index contributed by atoms with van der Waals surface area (Å²) in [4.78, 5) is 6.72. The van der Waals surface area contributed by atoms with Gasteiger partial charge in [0, 0.05) is 38.3 Å². The van der Waals surface area contributed by atoms with E-state index in [-0.39, 0.29) is 24.0 Å². The molecule has 0 aliphatic heterocycles. The van der Waals surface area contributed by atoms with Gasteiger partial charge in [0.05, 0.1) is 6.61 Å². The summed E-state index contributed by atoms with van der Waals surface area (Å²) in [7, 11) is 1.80. The Morgan fingerprint density at radius 1 is 1.24 bits per heavy atom. The fraction of sp³-hybridized carbons (Fsp3) is 0.632. The molecule has 5 nitrogen and oxygen atoms in total. The van der Waals surface area contributed by atoms with Crippen molar-refractivity contribution in [3.05, 3.63) is 29.3 Å². The lowest BCUT2D eigenvalue weighted by Gasteiger charge is -2.25. The van der Waals surface area contributed by atoms with Gasteiger partial charge in [-0.25, -0.2) is 0 Å². The summed E-state index contributed by atoms with van der Waals surface area (Å²) in [6, 6.07) is 6.86. The van der Waals surface area contributed by atoms with Crippen LogP contribution in [0.5, 0.6) is 5.75 Å². The van der Waals surface area contributed by atoms with Crippen molar-refractivity contribution in [2.75, 3.05) is 33.3 Å². The molecular weight excluding hydrogens is 427 g/mol. The number of rotatable bonds is 9. The van der Waals surface area contributed by atoms with E-state index in [1.807, 2.05) is 6.92 Å². The first-order valence-corrected chi connectivity index (χ1v) is 8.92. The molecule has 1 aromatic carbocycles. The molecule has 0 atom stereocenters. The molecule has 25 heavy (non-hydrogen) atoms. The number of benzene rings is 1. The summed E-state index contributed by atoms with van der Waals surface area (Å²) in [5.41, 5.74) is 2.35. The zero-order chi connectivity index (χ0) is 17.9. The minimum Gasteiger partial charge on any atom is -0.494 e. The second-order valence-electron chi connectivity index (χ2n) is 6.12. The number of nitrogens with one attached hydrogen (secondary N) is 2. The van der Waals surface area contributed by atoms with Gasteiger partial charge in [0.25, 0.3) is 0 Å². The molecule has 1 aromatic rings. The highest BCUT2D eigenvalue weighted by Crippen LogP contribution is 2.20. The Labute approximate surface area is 170 Å². The van der Waals surface area contributed by atoms with Crippen LogP contribution in [0.15, 0.2) is 23.2 Å². The number of halogens is 1. The highest BCUT2D eigenvalue weighted by Gasteiger charge is 2.08. The summed E-state index contributed by atoms with van der Waals surface area (Å²) in [6.07, 6.45) is 0. The highest BCUT2D eigenvalue weighted by atomic mass is 127. The average Bonchev–Trinajstić information content (AvgIpc) is 2.55. The lowest BCUT2D eigenvalue weighted by Crippen LogP contribution is -2.42. The van der Waals surface area contributed by atoms with Crippen molar-refractivity contribution >= 4 is 29.9 Å². The van der Waals surface area contributed by atoms with Crippen molar-refractivity contribution in [2.24, 2.45) is 4.99 Å². The van der Waals surface area contributed by atoms with E-state index >= 15 is 0 Å². The Hall–Kier alpha value is -1.02. The monoisotopic (exact) mass is 462 g/mol. The first-order valence-electron chi connectivity index (χ1n) is 8.92. The van der Waals surface area contributed by atoms with E-state index in [9.17, 15) is 0 Å². The Balaban J connectivity index is 0.00000576. The van der Waals surface area contributed by atoms with Gasteiger partial charge in [-0.1, -0.05) is 19.1 Å². The maximum Gasteiger partial charge on any atom is 0.191 e. The molecule has 6 heteroatoms. The lowest BCUT2D eigenvalue weighted by atomic mass is 10.1. The first kappa shape index (κ1) is 24.0. The molecular formula is C19H35IN4O. The minimum atomic E-state index is 0. The predicted molar refractivity (Wildman–Crippen MR) is 118 cm³/mol. The van der Waals surface area contributed by atoms with E-state index in [0.29, 0.717) is 19.2 Å². The van der Waals surface area contributed by atoms with Crippen LogP contribution in [0.1, 0.15) is 38.8 Å². The Kier molecular flexibility index (Phi) is 12.7. The number of aryl methyl sites for hydroxylation is 1. The fourth-order valence-electron chi connectivity index (χ4n) is 2.60. The number of likely N-dealkylation sites (N-methyl/N-ethyl adjacent to an activating group) is 1. The van der Waals surface area contributed by atoms with E-state index in [2.05, 4.69) is 66.4 Å². The van der Waals surface area contributed by atoms with Gasteiger partial charge in [-0.05, 0) is 45.9 Å². The zero-order valence-electron chi connectivity index (χ0n) is 16.6. The lowest BCUT2D eigenvalue weighted by molar-refractivity contribution is 0.237. The highest BCUT2D eigenvalue weighted by molar-refractivity contribution is 14.0. The van der Waals surface area contributed by atoms with Gasteiger partial charge in [0.1, 0.15) is 5.75 Å². The van der Waals surface area contributed by atoms with Gasteiger partial charge in [0.2, 0.25) is 0 Å². The summed E-state index contributed by atoms with van der Waals surface area (Å²) in [5.74, 6) is 1.76. The third-order valence-electron chi connectivity index (χ3n) is 4.02.